The summed E-state index contributed by atoms with van der Waals surface area (Å²) < 4.78 is 16.6. The molecule has 0 unspecified atom stereocenters. The van der Waals surface area contributed by atoms with Crippen LogP contribution in [0.2, 0.25) is 0 Å². The number of unbranched alkanes of at least 4 members (excludes halogenated alkanes) is 2. The quantitative estimate of drug-likeness (QED) is 0.131. The van der Waals surface area contributed by atoms with Crippen molar-refractivity contribution < 1.29 is 9.47 Å². The van der Waals surface area contributed by atoms with Gasteiger partial charge in [-0.2, -0.15) is 5.10 Å². The second kappa shape index (κ2) is 14.2. The lowest BCUT2D eigenvalue weighted by molar-refractivity contribution is 0.414. The first-order valence-electron chi connectivity index (χ1n) is 17.9. The van der Waals surface area contributed by atoms with Crippen molar-refractivity contribution in [1.82, 2.24) is 19.3 Å². The number of rotatable bonds is 12. The summed E-state index contributed by atoms with van der Waals surface area (Å²) >= 11 is 0. The van der Waals surface area contributed by atoms with Crippen LogP contribution in [0, 0.1) is 20.8 Å². The third kappa shape index (κ3) is 6.26. The molecular formula is C44H46N4O2. The van der Waals surface area contributed by atoms with Gasteiger partial charge in [0.1, 0.15) is 23.1 Å². The lowest BCUT2D eigenvalue weighted by Gasteiger charge is -2.15. The van der Waals surface area contributed by atoms with Crippen molar-refractivity contribution in [3.05, 3.63) is 125 Å². The van der Waals surface area contributed by atoms with Gasteiger partial charge in [-0.15, -0.1) is 0 Å². The number of hydrogen-bond donors (Lipinski definition) is 0. The molecule has 6 heteroatoms. The van der Waals surface area contributed by atoms with Crippen LogP contribution >= 0.6 is 0 Å². The molecule has 7 rings (SSSR count). The fourth-order valence-corrected chi connectivity index (χ4v) is 7.26. The number of nitrogens with zero attached hydrogens (tertiary/aromatic N) is 4. The van der Waals surface area contributed by atoms with Gasteiger partial charge in [-0.25, -0.2) is 9.67 Å². The zero-order valence-electron chi connectivity index (χ0n) is 30.1. The van der Waals surface area contributed by atoms with Crippen LogP contribution in [0.15, 0.2) is 97.2 Å². The molecule has 0 amide bonds. The first kappa shape index (κ1) is 33.2. The van der Waals surface area contributed by atoms with Gasteiger partial charge in [0.25, 0.3) is 0 Å². The molecule has 0 saturated carbocycles. The largest absolute Gasteiger partial charge is 0.497 e. The summed E-state index contributed by atoms with van der Waals surface area (Å²) in [5, 5.41) is 7.68. The molecule has 0 atom stereocenters. The molecule has 0 saturated heterocycles. The van der Waals surface area contributed by atoms with E-state index in [-0.39, 0.29) is 0 Å². The number of ether oxygens (including phenoxy) is 2. The van der Waals surface area contributed by atoms with Gasteiger partial charge in [-0.3, -0.25) is 4.57 Å². The molecular weight excluding hydrogens is 617 g/mol. The van der Waals surface area contributed by atoms with Crippen LogP contribution in [0.5, 0.6) is 17.2 Å². The zero-order valence-corrected chi connectivity index (χ0v) is 30.1. The Morgan fingerprint density at radius 3 is 2.20 bits per heavy atom. The molecule has 7 aromatic rings. The van der Waals surface area contributed by atoms with Crippen molar-refractivity contribution in [3.8, 4) is 39.9 Å². The van der Waals surface area contributed by atoms with Gasteiger partial charge in [-0.05, 0) is 105 Å². The molecule has 3 heterocycles. The Hall–Kier alpha value is -5.36. The third-order valence-electron chi connectivity index (χ3n) is 9.66. The second-order valence-electron chi connectivity index (χ2n) is 13.3. The molecule has 0 N–H and O–H groups in total. The van der Waals surface area contributed by atoms with Crippen molar-refractivity contribution in [1.29, 1.82) is 0 Å². The normalized spacial score (nSPS) is 11.5. The number of benzene rings is 4. The van der Waals surface area contributed by atoms with E-state index in [0.717, 1.165) is 94.6 Å². The maximum atomic E-state index is 6.71. The van der Waals surface area contributed by atoms with Gasteiger partial charge in [-0.1, -0.05) is 63.1 Å². The molecule has 0 aliphatic heterocycles. The van der Waals surface area contributed by atoms with Crippen LogP contribution in [-0.2, 0) is 12.8 Å². The standard InChI is InChI=1S/C44H46N4O2/c1-7-9-17-38-44(43-30(4)14-13-15-31(43)5)40(18-10-8-2)48(46-38)32-24-29(3)25-35(26-32)50-34-20-21-37-36-16-11-12-19-39(36)47(41(37)27-34)42-28-33(49-6)22-23-45-42/h11-16,19-28H,7-10,17-18H2,1-6H3. The molecule has 0 fully saturated rings. The smallest absolute Gasteiger partial charge is 0.141 e. The van der Waals surface area contributed by atoms with Crippen molar-refractivity contribution in [3.63, 3.8) is 0 Å². The summed E-state index contributed by atoms with van der Waals surface area (Å²) in [6.45, 7) is 11.1. The van der Waals surface area contributed by atoms with E-state index in [2.05, 4.69) is 123 Å². The van der Waals surface area contributed by atoms with Gasteiger partial charge in [0.15, 0.2) is 0 Å². The highest BCUT2D eigenvalue weighted by atomic mass is 16.5. The van der Waals surface area contributed by atoms with E-state index in [4.69, 9.17) is 19.6 Å². The fraction of sp³-hybridized carbons (Fsp3) is 0.273. The molecule has 3 aromatic heterocycles. The number of hydrogen-bond acceptors (Lipinski definition) is 4. The second-order valence-corrected chi connectivity index (χ2v) is 13.3. The van der Waals surface area contributed by atoms with Gasteiger partial charge in [0.05, 0.1) is 35.2 Å². The van der Waals surface area contributed by atoms with Crippen LogP contribution in [0.3, 0.4) is 0 Å². The average Bonchev–Trinajstić information content (AvgIpc) is 3.64. The molecule has 4 aromatic carbocycles. The molecule has 0 spiro atoms. The van der Waals surface area contributed by atoms with Gasteiger partial charge >= 0.3 is 0 Å². The Bertz CT molecular complexity index is 2290. The van der Waals surface area contributed by atoms with Gasteiger partial charge in [0, 0.05) is 40.7 Å². The predicted octanol–water partition coefficient (Wildman–Crippen LogP) is 11.4. The summed E-state index contributed by atoms with van der Waals surface area (Å²) in [7, 11) is 1.68. The average molecular weight is 663 g/mol. The van der Waals surface area contributed by atoms with E-state index in [1.165, 1.54) is 33.6 Å². The first-order valence-corrected chi connectivity index (χ1v) is 17.9. The lowest BCUT2D eigenvalue weighted by atomic mass is 9.91. The lowest BCUT2D eigenvalue weighted by Crippen LogP contribution is -2.04. The molecule has 0 radical (unpaired) electrons. The number of aromatic nitrogens is 4. The minimum Gasteiger partial charge on any atom is -0.497 e. The Morgan fingerprint density at radius 1 is 0.660 bits per heavy atom. The highest BCUT2D eigenvalue weighted by Gasteiger charge is 2.23. The Balaban J connectivity index is 1.34. The first-order chi connectivity index (χ1) is 24.4. The number of fused-ring (bicyclic) bond motifs is 3. The third-order valence-corrected chi connectivity index (χ3v) is 9.66. The summed E-state index contributed by atoms with van der Waals surface area (Å²) in [4.78, 5) is 4.72. The van der Waals surface area contributed by atoms with Crippen LogP contribution in [0.1, 0.15) is 67.6 Å². The number of para-hydroxylation sites is 1. The SMILES string of the molecule is CCCCc1nn(-c2cc(C)cc(Oc3ccc4c5ccccc5n(-c5cc(OC)ccn5)c4c3)c2)c(CCCC)c1-c1c(C)cccc1C. The number of aryl methyl sites for hydroxylation is 4. The zero-order chi connectivity index (χ0) is 34.8. The summed E-state index contributed by atoms with van der Waals surface area (Å²) in [5.41, 5.74) is 11.9. The molecule has 6 nitrogen and oxygen atoms in total. The summed E-state index contributed by atoms with van der Waals surface area (Å²) in [5.74, 6) is 3.09. The Labute approximate surface area is 295 Å². The number of methoxy groups -OCH3 is 1. The summed E-state index contributed by atoms with van der Waals surface area (Å²) in [6.07, 6.45) is 8.15. The monoisotopic (exact) mass is 662 g/mol. The predicted molar refractivity (Wildman–Crippen MR) is 206 cm³/mol. The van der Waals surface area contributed by atoms with Gasteiger partial charge < -0.3 is 9.47 Å². The topological polar surface area (TPSA) is 54.1 Å². The van der Waals surface area contributed by atoms with Crippen molar-refractivity contribution in [2.45, 2.75) is 73.1 Å². The van der Waals surface area contributed by atoms with Crippen LogP contribution in [0.25, 0.3) is 44.4 Å². The molecule has 0 bridgehead atoms. The Morgan fingerprint density at radius 2 is 1.42 bits per heavy atom. The fourth-order valence-electron chi connectivity index (χ4n) is 7.26. The van der Waals surface area contributed by atoms with E-state index in [9.17, 15) is 0 Å². The van der Waals surface area contributed by atoms with E-state index in [1.54, 1.807) is 13.3 Å². The van der Waals surface area contributed by atoms with Crippen LogP contribution in [0.4, 0.5) is 0 Å². The van der Waals surface area contributed by atoms with E-state index in [0.29, 0.717) is 0 Å². The molecule has 0 aliphatic rings. The van der Waals surface area contributed by atoms with Crippen molar-refractivity contribution >= 4 is 21.8 Å². The Kier molecular flexibility index (Phi) is 9.44. The van der Waals surface area contributed by atoms with Crippen LogP contribution in [-0.4, -0.2) is 26.4 Å². The van der Waals surface area contributed by atoms with Crippen LogP contribution < -0.4 is 9.47 Å². The number of pyridine rings is 1. The summed E-state index contributed by atoms with van der Waals surface area (Å²) in [6, 6.07) is 31.7. The van der Waals surface area contributed by atoms with Crippen molar-refractivity contribution in [2.75, 3.05) is 7.11 Å². The van der Waals surface area contributed by atoms with Gasteiger partial charge in [0.2, 0.25) is 0 Å². The maximum absolute atomic E-state index is 6.71. The van der Waals surface area contributed by atoms with Crippen molar-refractivity contribution in [2.24, 2.45) is 0 Å². The maximum Gasteiger partial charge on any atom is 0.141 e. The minimum absolute atomic E-state index is 0.757. The minimum atomic E-state index is 0.757. The molecule has 0 aliphatic carbocycles. The molecule has 254 valence electrons. The molecule has 50 heavy (non-hydrogen) atoms. The highest BCUT2D eigenvalue weighted by molar-refractivity contribution is 6.09. The van der Waals surface area contributed by atoms with E-state index in [1.807, 2.05) is 12.1 Å². The van der Waals surface area contributed by atoms with E-state index >= 15 is 0 Å². The van der Waals surface area contributed by atoms with E-state index < -0.39 is 0 Å². The highest BCUT2D eigenvalue weighted by Crippen LogP contribution is 2.38.